The molecule has 7 aromatic carbocycles. The number of benzene rings is 7. The second kappa shape index (κ2) is 11.4. The van der Waals surface area contributed by atoms with Gasteiger partial charge in [0.1, 0.15) is 17.5 Å². The van der Waals surface area contributed by atoms with Crippen LogP contribution in [0.1, 0.15) is 42.5 Å². The number of nitrogens with one attached hydrogen (secondary N) is 1. The standard InChI is InChI=1S/C48H36N2O/c1-48(2)41-20-12-11-19-37(41)40-30-43(39(29-42(40)48)33-15-7-4-8-16-33)50(35-24-21-32(22-25-35)31-13-5-3-6-14-31)47-45-38-26-23-34-17-9-10-18-36(34)46(38)51-44(45)27-28-49-47/h3-30,47,49H,1-2H3. The van der Waals surface area contributed by atoms with E-state index in [1.165, 1.54) is 49.9 Å². The van der Waals surface area contributed by atoms with Crippen molar-refractivity contribution in [1.29, 1.82) is 0 Å². The fourth-order valence-electron chi connectivity index (χ4n) is 8.43. The maximum absolute atomic E-state index is 6.74. The number of nitrogens with zero attached hydrogens (tertiary/aromatic N) is 1. The zero-order valence-electron chi connectivity index (χ0n) is 28.6. The Bertz CT molecular complexity index is 2630. The van der Waals surface area contributed by atoms with Crippen molar-refractivity contribution in [2.24, 2.45) is 0 Å². The van der Waals surface area contributed by atoms with Crippen LogP contribution in [0.25, 0.3) is 61.2 Å². The summed E-state index contributed by atoms with van der Waals surface area (Å²) in [6, 6.07) is 57.2. The Morgan fingerprint density at radius 1 is 0.569 bits per heavy atom. The lowest BCUT2D eigenvalue weighted by atomic mass is 9.81. The number of hydrogen-bond donors (Lipinski definition) is 1. The van der Waals surface area contributed by atoms with Crippen LogP contribution in [0.3, 0.4) is 0 Å². The predicted octanol–water partition coefficient (Wildman–Crippen LogP) is 12.6. The number of anilines is 2. The Morgan fingerprint density at radius 2 is 1.25 bits per heavy atom. The molecular weight excluding hydrogens is 621 g/mol. The Balaban J connectivity index is 1.25. The van der Waals surface area contributed by atoms with Gasteiger partial charge in [0.25, 0.3) is 0 Å². The third-order valence-corrected chi connectivity index (χ3v) is 11.0. The number of furan rings is 1. The minimum absolute atomic E-state index is 0.128. The van der Waals surface area contributed by atoms with E-state index in [2.05, 4.69) is 188 Å². The average molecular weight is 657 g/mol. The highest BCUT2D eigenvalue weighted by atomic mass is 16.3. The average Bonchev–Trinajstić information content (AvgIpc) is 3.68. The summed E-state index contributed by atoms with van der Waals surface area (Å²) in [7, 11) is 0. The van der Waals surface area contributed by atoms with Crippen molar-refractivity contribution in [3.8, 4) is 33.4 Å². The van der Waals surface area contributed by atoms with E-state index in [1.807, 2.05) is 6.20 Å². The molecule has 1 unspecified atom stereocenters. The third kappa shape index (κ3) is 4.58. The first-order chi connectivity index (χ1) is 25.1. The second-order valence-corrected chi connectivity index (χ2v) is 14.2. The SMILES string of the molecule is CC1(C)c2ccccc2-c2cc(N(c3ccc(-c4ccccc4)cc3)C3NC=Cc4oc5c(ccc6ccccc65)c43)c(-c3ccccc3)cc21. The molecule has 0 saturated heterocycles. The molecule has 51 heavy (non-hydrogen) atoms. The summed E-state index contributed by atoms with van der Waals surface area (Å²) in [5, 5.41) is 7.22. The van der Waals surface area contributed by atoms with Crippen molar-refractivity contribution in [3.05, 3.63) is 186 Å². The number of rotatable bonds is 5. The Hall–Kier alpha value is -6.32. The van der Waals surface area contributed by atoms with Crippen molar-refractivity contribution in [1.82, 2.24) is 5.32 Å². The smallest absolute Gasteiger partial charge is 0.143 e. The number of hydrogen-bond acceptors (Lipinski definition) is 3. The highest BCUT2D eigenvalue weighted by Crippen LogP contribution is 2.54. The van der Waals surface area contributed by atoms with Crippen LogP contribution in [0.5, 0.6) is 0 Å². The molecule has 1 N–H and O–H groups in total. The molecular formula is C48H36N2O. The number of fused-ring (bicyclic) bond motifs is 8. The topological polar surface area (TPSA) is 28.4 Å². The fourth-order valence-corrected chi connectivity index (χ4v) is 8.43. The van der Waals surface area contributed by atoms with Gasteiger partial charge in [-0.25, -0.2) is 0 Å². The molecule has 3 heteroatoms. The van der Waals surface area contributed by atoms with E-state index >= 15 is 0 Å². The van der Waals surface area contributed by atoms with Gasteiger partial charge in [-0.05, 0) is 74.7 Å². The largest absolute Gasteiger partial charge is 0.456 e. The quantitative estimate of drug-likeness (QED) is 0.200. The molecule has 2 heterocycles. The van der Waals surface area contributed by atoms with Gasteiger partial charge in [-0.1, -0.05) is 147 Å². The normalized spacial score (nSPS) is 15.3. The Kier molecular flexibility index (Phi) is 6.59. The van der Waals surface area contributed by atoms with E-state index in [0.29, 0.717) is 0 Å². The highest BCUT2D eigenvalue weighted by molar-refractivity contribution is 6.07. The zero-order chi connectivity index (χ0) is 34.1. The molecule has 1 aromatic heterocycles. The van der Waals surface area contributed by atoms with Crippen LogP contribution in [0, 0.1) is 0 Å². The van der Waals surface area contributed by atoms with Crippen molar-refractivity contribution in [2.45, 2.75) is 25.4 Å². The molecule has 0 saturated carbocycles. The molecule has 8 aromatic rings. The first-order valence-corrected chi connectivity index (χ1v) is 17.7. The molecule has 0 spiro atoms. The lowest BCUT2D eigenvalue weighted by Crippen LogP contribution is -2.35. The lowest BCUT2D eigenvalue weighted by molar-refractivity contribution is 0.562. The van der Waals surface area contributed by atoms with Gasteiger partial charge in [0.15, 0.2) is 0 Å². The van der Waals surface area contributed by atoms with Gasteiger partial charge in [-0.3, -0.25) is 0 Å². The molecule has 10 rings (SSSR count). The molecule has 2 aliphatic rings. The van der Waals surface area contributed by atoms with Crippen LogP contribution >= 0.6 is 0 Å². The van der Waals surface area contributed by atoms with Gasteiger partial charge in [-0.2, -0.15) is 0 Å². The van der Waals surface area contributed by atoms with Gasteiger partial charge in [0.05, 0.1) is 5.69 Å². The second-order valence-electron chi connectivity index (χ2n) is 14.2. The van der Waals surface area contributed by atoms with Crippen molar-refractivity contribution < 1.29 is 4.42 Å². The summed E-state index contributed by atoms with van der Waals surface area (Å²) in [5.41, 5.74) is 14.2. The van der Waals surface area contributed by atoms with E-state index in [1.54, 1.807) is 0 Å². The molecule has 244 valence electrons. The zero-order valence-corrected chi connectivity index (χ0v) is 28.6. The van der Waals surface area contributed by atoms with Crippen molar-refractivity contribution >= 4 is 39.2 Å². The van der Waals surface area contributed by atoms with E-state index in [9.17, 15) is 0 Å². The molecule has 0 bridgehead atoms. The summed E-state index contributed by atoms with van der Waals surface area (Å²) >= 11 is 0. The molecule has 1 atom stereocenters. The van der Waals surface area contributed by atoms with E-state index in [4.69, 9.17) is 4.42 Å². The third-order valence-electron chi connectivity index (χ3n) is 11.0. The van der Waals surface area contributed by atoms with E-state index in [-0.39, 0.29) is 11.6 Å². The van der Waals surface area contributed by atoms with Crippen LogP contribution in [-0.2, 0) is 5.41 Å². The van der Waals surface area contributed by atoms with Crippen LogP contribution < -0.4 is 10.2 Å². The minimum atomic E-state index is -0.250. The van der Waals surface area contributed by atoms with Gasteiger partial charge in [0, 0.05) is 39.2 Å². The maximum Gasteiger partial charge on any atom is 0.143 e. The van der Waals surface area contributed by atoms with Crippen LogP contribution in [0.4, 0.5) is 11.4 Å². The predicted molar refractivity (Wildman–Crippen MR) is 212 cm³/mol. The monoisotopic (exact) mass is 656 g/mol. The summed E-state index contributed by atoms with van der Waals surface area (Å²) in [4.78, 5) is 2.48. The maximum atomic E-state index is 6.74. The Morgan fingerprint density at radius 3 is 2.06 bits per heavy atom. The highest BCUT2D eigenvalue weighted by Gasteiger charge is 2.38. The van der Waals surface area contributed by atoms with Gasteiger partial charge in [0.2, 0.25) is 0 Å². The fraction of sp³-hybridized carbons (Fsp3) is 0.0833. The van der Waals surface area contributed by atoms with E-state index < -0.39 is 0 Å². The minimum Gasteiger partial charge on any atom is -0.456 e. The van der Waals surface area contributed by atoms with Crippen molar-refractivity contribution in [2.75, 3.05) is 4.90 Å². The Labute approximate surface area is 298 Å². The first kappa shape index (κ1) is 29.6. The summed E-state index contributed by atoms with van der Waals surface area (Å²) < 4.78 is 6.74. The first-order valence-electron chi connectivity index (χ1n) is 17.7. The van der Waals surface area contributed by atoms with Crippen molar-refractivity contribution in [3.63, 3.8) is 0 Å². The van der Waals surface area contributed by atoms with E-state index in [0.717, 1.165) is 39.1 Å². The molecule has 0 radical (unpaired) electrons. The molecule has 0 amide bonds. The van der Waals surface area contributed by atoms with Gasteiger partial charge >= 0.3 is 0 Å². The van der Waals surface area contributed by atoms with Crippen LogP contribution in [0.2, 0.25) is 0 Å². The van der Waals surface area contributed by atoms with Gasteiger partial charge in [-0.15, -0.1) is 0 Å². The van der Waals surface area contributed by atoms with Crippen LogP contribution in [-0.4, -0.2) is 0 Å². The van der Waals surface area contributed by atoms with Gasteiger partial charge < -0.3 is 14.6 Å². The van der Waals surface area contributed by atoms with Crippen LogP contribution in [0.15, 0.2) is 168 Å². The molecule has 1 aliphatic carbocycles. The molecule has 0 fully saturated rings. The molecule has 1 aliphatic heterocycles. The molecule has 3 nitrogen and oxygen atoms in total. The summed E-state index contributed by atoms with van der Waals surface area (Å²) in [6.07, 6.45) is 3.86. The lowest BCUT2D eigenvalue weighted by Gasteiger charge is -2.37. The summed E-state index contributed by atoms with van der Waals surface area (Å²) in [5.74, 6) is 0.880. The summed E-state index contributed by atoms with van der Waals surface area (Å²) in [6.45, 7) is 4.71.